The van der Waals surface area contributed by atoms with Gasteiger partial charge in [-0.2, -0.15) is 0 Å². The minimum absolute atomic E-state index is 0.504. The highest BCUT2D eigenvalue weighted by atomic mass is 16.8. The van der Waals surface area contributed by atoms with Gasteiger partial charge in [-0.05, 0) is 13.8 Å². The van der Waals surface area contributed by atoms with Gasteiger partial charge in [0.15, 0.2) is 18.0 Å². The van der Waals surface area contributed by atoms with Crippen LogP contribution in [0.25, 0.3) is 0 Å². The smallest absolute Gasteiger partial charge is 0.278 e. The van der Waals surface area contributed by atoms with Crippen LogP contribution in [0.3, 0.4) is 0 Å². The van der Waals surface area contributed by atoms with E-state index in [1.807, 2.05) is 0 Å². The minimum Gasteiger partial charge on any atom is -0.334 e. The summed E-state index contributed by atoms with van der Waals surface area (Å²) in [5, 5.41) is 1.98. The zero-order valence-corrected chi connectivity index (χ0v) is 12.0. The average molecular weight is 276 g/mol. The lowest BCUT2D eigenvalue weighted by Crippen LogP contribution is -2.48. The summed E-state index contributed by atoms with van der Waals surface area (Å²) in [7, 11) is 5.55. The van der Waals surface area contributed by atoms with E-state index in [9.17, 15) is 9.59 Å². The van der Waals surface area contributed by atoms with Crippen molar-refractivity contribution < 1.29 is 28.7 Å². The molecule has 0 aliphatic carbocycles. The van der Waals surface area contributed by atoms with Gasteiger partial charge in [-0.15, -0.1) is 0 Å². The molecular weight excluding hydrogens is 256 g/mol. The molecule has 1 aliphatic rings. The standard InChI is InChI=1S/C11H20N2O6/c1-11(2)18-7(9(14)12(3)16-5)8(19-11)10(15)13(4)17-6/h7-8H,1-6H3. The van der Waals surface area contributed by atoms with E-state index < -0.39 is 29.8 Å². The highest BCUT2D eigenvalue weighted by Crippen LogP contribution is 2.30. The van der Waals surface area contributed by atoms with Gasteiger partial charge in [0.05, 0.1) is 14.2 Å². The second kappa shape index (κ2) is 5.83. The number of ether oxygens (including phenoxy) is 2. The number of amides is 2. The number of carbonyl (C=O) groups is 2. The topological polar surface area (TPSA) is 77.5 Å². The number of hydrogen-bond donors (Lipinski definition) is 0. The molecule has 1 heterocycles. The van der Waals surface area contributed by atoms with E-state index >= 15 is 0 Å². The lowest BCUT2D eigenvalue weighted by molar-refractivity contribution is -0.188. The number of hydrogen-bond acceptors (Lipinski definition) is 6. The molecule has 0 N–H and O–H groups in total. The van der Waals surface area contributed by atoms with Crippen LogP contribution in [-0.4, -0.2) is 68.3 Å². The summed E-state index contributed by atoms with van der Waals surface area (Å²) < 4.78 is 10.9. The van der Waals surface area contributed by atoms with Crippen molar-refractivity contribution in [2.75, 3.05) is 28.3 Å². The molecule has 1 rings (SSSR count). The van der Waals surface area contributed by atoms with Gasteiger partial charge >= 0.3 is 0 Å². The van der Waals surface area contributed by atoms with Crippen molar-refractivity contribution in [3.8, 4) is 0 Å². The number of likely N-dealkylation sites (N-methyl/N-ethyl adjacent to an activating group) is 2. The van der Waals surface area contributed by atoms with Crippen molar-refractivity contribution in [3.05, 3.63) is 0 Å². The molecule has 1 aliphatic heterocycles. The Hall–Kier alpha value is -1.22. The van der Waals surface area contributed by atoms with Crippen molar-refractivity contribution in [1.29, 1.82) is 0 Å². The molecule has 0 radical (unpaired) electrons. The van der Waals surface area contributed by atoms with Crippen LogP contribution in [0.5, 0.6) is 0 Å². The molecule has 0 bridgehead atoms. The Morgan fingerprint density at radius 1 is 0.947 bits per heavy atom. The Labute approximate surface area is 112 Å². The molecule has 2 amide bonds. The van der Waals surface area contributed by atoms with Crippen molar-refractivity contribution >= 4 is 11.8 Å². The second-order valence-electron chi connectivity index (χ2n) is 4.51. The summed E-state index contributed by atoms with van der Waals surface area (Å²) in [5.41, 5.74) is 0. The maximum absolute atomic E-state index is 12.1. The van der Waals surface area contributed by atoms with Gasteiger partial charge in [0.2, 0.25) is 0 Å². The van der Waals surface area contributed by atoms with Crippen molar-refractivity contribution in [1.82, 2.24) is 10.1 Å². The van der Waals surface area contributed by atoms with Crippen molar-refractivity contribution in [3.63, 3.8) is 0 Å². The number of nitrogens with zero attached hydrogens (tertiary/aromatic N) is 2. The molecule has 8 heteroatoms. The van der Waals surface area contributed by atoms with Crippen LogP contribution in [0.2, 0.25) is 0 Å². The number of carbonyl (C=O) groups excluding carboxylic acids is 2. The Bertz CT molecular complexity index is 327. The van der Waals surface area contributed by atoms with E-state index in [0.29, 0.717) is 0 Å². The highest BCUT2D eigenvalue weighted by molar-refractivity contribution is 5.90. The lowest BCUT2D eigenvalue weighted by Gasteiger charge is -2.23. The third kappa shape index (κ3) is 3.41. The monoisotopic (exact) mass is 276 g/mol. The number of hydroxylamine groups is 4. The van der Waals surface area contributed by atoms with Gasteiger partial charge in [-0.25, -0.2) is 10.1 Å². The van der Waals surface area contributed by atoms with E-state index in [0.717, 1.165) is 10.1 Å². The van der Waals surface area contributed by atoms with E-state index in [1.54, 1.807) is 13.8 Å². The summed E-state index contributed by atoms with van der Waals surface area (Å²) in [5.74, 6) is -2.05. The SMILES string of the molecule is CON(C)C(=O)C1OC(C)(C)OC1C(=O)N(C)OC. The van der Waals surface area contributed by atoms with E-state index in [2.05, 4.69) is 0 Å². The first-order valence-electron chi connectivity index (χ1n) is 5.72. The average Bonchev–Trinajstić information content (AvgIpc) is 2.70. The fraction of sp³-hybridized carbons (Fsp3) is 0.818. The molecule has 0 aromatic rings. The lowest BCUT2D eigenvalue weighted by atomic mass is 10.2. The molecule has 19 heavy (non-hydrogen) atoms. The van der Waals surface area contributed by atoms with Gasteiger partial charge in [-0.1, -0.05) is 0 Å². The maximum Gasteiger partial charge on any atom is 0.278 e. The van der Waals surface area contributed by atoms with Crippen LogP contribution < -0.4 is 0 Å². The van der Waals surface area contributed by atoms with Gasteiger partial charge in [0.25, 0.3) is 11.8 Å². The predicted molar refractivity (Wildman–Crippen MR) is 63.4 cm³/mol. The summed E-state index contributed by atoms with van der Waals surface area (Å²) >= 11 is 0. The second-order valence-corrected chi connectivity index (χ2v) is 4.51. The van der Waals surface area contributed by atoms with Gasteiger partial charge < -0.3 is 9.47 Å². The summed E-state index contributed by atoms with van der Waals surface area (Å²) in [6.07, 6.45) is -2.16. The highest BCUT2D eigenvalue weighted by Gasteiger charge is 2.50. The molecule has 2 atom stereocenters. The summed E-state index contributed by atoms with van der Waals surface area (Å²) in [4.78, 5) is 33.7. The molecule has 0 aromatic carbocycles. The Morgan fingerprint density at radius 3 is 1.53 bits per heavy atom. The fourth-order valence-corrected chi connectivity index (χ4v) is 1.66. The molecule has 1 saturated heterocycles. The van der Waals surface area contributed by atoms with Crippen LogP contribution >= 0.6 is 0 Å². The molecular formula is C11H20N2O6. The Morgan fingerprint density at radius 2 is 1.26 bits per heavy atom. The fourth-order valence-electron chi connectivity index (χ4n) is 1.66. The molecule has 8 nitrogen and oxygen atoms in total. The minimum atomic E-state index is -1.08. The van der Waals surface area contributed by atoms with Crippen molar-refractivity contribution in [2.45, 2.75) is 31.8 Å². The van der Waals surface area contributed by atoms with Crippen molar-refractivity contribution in [2.24, 2.45) is 0 Å². The third-order valence-corrected chi connectivity index (χ3v) is 2.75. The van der Waals surface area contributed by atoms with Crippen LogP contribution in [0.15, 0.2) is 0 Å². The van der Waals surface area contributed by atoms with E-state index in [4.69, 9.17) is 19.1 Å². The van der Waals surface area contributed by atoms with Gasteiger partial charge in [-0.3, -0.25) is 19.3 Å². The molecule has 110 valence electrons. The van der Waals surface area contributed by atoms with E-state index in [1.165, 1.54) is 28.3 Å². The van der Waals surface area contributed by atoms with Crippen LogP contribution in [0.1, 0.15) is 13.8 Å². The first-order valence-corrected chi connectivity index (χ1v) is 5.72. The quantitative estimate of drug-likeness (QED) is 0.647. The zero-order valence-electron chi connectivity index (χ0n) is 12.0. The molecule has 0 saturated carbocycles. The summed E-state index contributed by atoms with van der Waals surface area (Å²) in [6, 6.07) is 0. The first-order chi connectivity index (χ1) is 8.73. The van der Waals surface area contributed by atoms with E-state index in [-0.39, 0.29) is 0 Å². The van der Waals surface area contributed by atoms with Gasteiger partial charge in [0.1, 0.15) is 0 Å². The Balaban J connectivity index is 2.93. The van der Waals surface area contributed by atoms with Crippen LogP contribution in [-0.2, 0) is 28.7 Å². The molecule has 0 aromatic heterocycles. The predicted octanol–water partition coefficient (Wildman–Crippen LogP) is -0.454. The van der Waals surface area contributed by atoms with Gasteiger partial charge in [0, 0.05) is 14.1 Å². The third-order valence-electron chi connectivity index (χ3n) is 2.75. The van der Waals surface area contributed by atoms with Crippen LogP contribution in [0.4, 0.5) is 0 Å². The first kappa shape index (κ1) is 15.8. The molecule has 2 unspecified atom stereocenters. The zero-order chi connectivity index (χ0) is 14.8. The largest absolute Gasteiger partial charge is 0.334 e. The molecule has 1 fully saturated rings. The number of rotatable bonds is 4. The Kier molecular flexibility index (Phi) is 4.86. The van der Waals surface area contributed by atoms with Crippen LogP contribution in [0, 0.1) is 0 Å². The summed E-state index contributed by atoms with van der Waals surface area (Å²) in [6.45, 7) is 3.25. The molecule has 0 spiro atoms. The normalized spacial score (nSPS) is 25.2. The maximum atomic E-state index is 12.1.